The molecule has 0 saturated heterocycles. The lowest BCUT2D eigenvalue weighted by Gasteiger charge is -2.19. The molecule has 0 bridgehead atoms. The zero-order valence-electron chi connectivity index (χ0n) is 12.6. The Hall–Kier alpha value is -0.380. The fourth-order valence-corrected chi connectivity index (χ4v) is 2.49. The lowest BCUT2D eigenvalue weighted by molar-refractivity contribution is 0.0484. The minimum Gasteiger partial charge on any atom is -0.372 e. The Balaban J connectivity index is 1.83. The summed E-state index contributed by atoms with van der Waals surface area (Å²) >= 11 is 3.49. The van der Waals surface area contributed by atoms with Crippen LogP contribution in [0.1, 0.15) is 51.2 Å². The molecular weight excluding hydrogens is 314 g/mol. The first-order valence-corrected chi connectivity index (χ1v) is 8.55. The predicted molar refractivity (Wildman–Crippen MR) is 87.9 cm³/mol. The summed E-state index contributed by atoms with van der Waals surface area (Å²) in [5, 5.41) is 3.58. The molecule has 1 fully saturated rings. The van der Waals surface area contributed by atoms with E-state index in [9.17, 15) is 0 Å². The van der Waals surface area contributed by atoms with Gasteiger partial charge < -0.3 is 10.1 Å². The molecule has 1 aromatic carbocycles. The van der Waals surface area contributed by atoms with Crippen molar-refractivity contribution in [2.75, 3.05) is 13.2 Å². The Kier molecular flexibility index (Phi) is 6.53. The molecule has 1 saturated carbocycles. The second-order valence-electron chi connectivity index (χ2n) is 6.13. The van der Waals surface area contributed by atoms with Crippen molar-refractivity contribution in [2.45, 2.75) is 51.7 Å². The number of nitrogens with one attached hydrogen (secondary N) is 1. The summed E-state index contributed by atoms with van der Waals surface area (Å²) in [6.45, 7) is 6.31. The van der Waals surface area contributed by atoms with Gasteiger partial charge in [-0.15, -0.1) is 0 Å². The Bertz CT molecular complexity index is 386. The van der Waals surface area contributed by atoms with Crippen molar-refractivity contribution < 1.29 is 4.74 Å². The van der Waals surface area contributed by atoms with E-state index in [1.54, 1.807) is 0 Å². The largest absolute Gasteiger partial charge is 0.372 e. The second kappa shape index (κ2) is 8.16. The number of halogens is 1. The van der Waals surface area contributed by atoms with Crippen LogP contribution in [0.15, 0.2) is 28.7 Å². The van der Waals surface area contributed by atoms with Gasteiger partial charge in [-0.25, -0.2) is 0 Å². The maximum absolute atomic E-state index is 6.12. The molecule has 1 aliphatic rings. The van der Waals surface area contributed by atoms with Crippen molar-refractivity contribution >= 4 is 15.9 Å². The van der Waals surface area contributed by atoms with Crippen LogP contribution in [0.5, 0.6) is 0 Å². The molecule has 0 radical (unpaired) electrons. The maximum Gasteiger partial charge on any atom is 0.0949 e. The van der Waals surface area contributed by atoms with E-state index in [-0.39, 0.29) is 6.10 Å². The molecule has 112 valence electrons. The monoisotopic (exact) mass is 339 g/mol. The van der Waals surface area contributed by atoms with Crippen LogP contribution >= 0.6 is 15.9 Å². The number of hydrogen-bond donors (Lipinski definition) is 1. The van der Waals surface area contributed by atoms with E-state index >= 15 is 0 Å². The van der Waals surface area contributed by atoms with Crippen LogP contribution < -0.4 is 5.32 Å². The number of benzene rings is 1. The third kappa shape index (κ3) is 5.94. The molecule has 0 aliphatic heterocycles. The van der Waals surface area contributed by atoms with Gasteiger partial charge in [-0.1, -0.05) is 41.9 Å². The molecule has 1 aromatic rings. The number of ether oxygens (including phenoxy) is 1. The van der Waals surface area contributed by atoms with Gasteiger partial charge in [0.25, 0.3) is 0 Å². The molecule has 2 nitrogen and oxygen atoms in total. The Morgan fingerprint density at radius 2 is 1.95 bits per heavy atom. The van der Waals surface area contributed by atoms with E-state index < -0.39 is 0 Å². The van der Waals surface area contributed by atoms with Gasteiger partial charge in [0.15, 0.2) is 0 Å². The molecule has 0 heterocycles. The summed E-state index contributed by atoms with van der Waals surface area (Å²) in [4.78, 5) is 0. The molecule has 1 aliphatic carbocycles. The highest BCUT2D eigenvalue weighted by atomic mass is 79.9. The lowest BCUT2D eigenvalue weighted by Crippen LogP contribution is -2.25. The molecule has 1 unspecified atom stereocenters. The van der Waals surface area contributed by atoms with Gasteiger partial charge >= 0.3 is 0 Å². The van der Waals surface area contributed by atoms with Crippen molar-refractivity contribution in [3.8, 4) is 0 Å². The molecule has 1 atom stereocenters. The van der Waals surface area contributed by atoms with Crippen LogP contribution in [0.2, 0.25) is 0 Å². The van der Waals surface area contributed by atoms with Crippen LogP contribution in [0.3, 0.4) is 0 Å². The molecular formula is C17H26BrNO. The van der Waals surface area contributed by atoms with E-state index in [0.717, 1.165) is 36.0 Å². The highest BCUT2D eigenvalue weighted by Crippen LogP contribution is 2.23. The average molecular weight is 340 g/mol. The van der Waals surface area contributed by atoms with Crippen molar-refractivity contribution in [1.82, 2.24) is 5.32 Å². The van der Waals surface area contributed by atoms with Crippen LogP contribution in [0.25, 0.3) is 0 Å². The minimum atomic E-state index is 0.177. The van der Waals surface area contributed by atoms with Crippen LogP contribution in [0.4, 0.5) is 0 Å². The number of rotatable bonds is 9. The van der Waals surface area contributed by atoms with Crippen molar-refractivity contribution in [3.05, 3.63) is 34.3 Å². The maximum atomic E-state index is 6.12. The highest BCUT2D eigenvalue weighted by Gasteiger charge is 2.22. The predicted octanol–water partition coefficient (Wildman–Crippen LogP) is 4.70. The third-order valence-corrected chi connectivity index (χ3v) is 4.18. The molecule has 0 amide bonds. The van der Waals surface area contributed by atoms with Crippen LogP contribution in [-0.4, -0.2) is 19.2 Å². The Labute approximate surface area is 131 Å². The molecule has 0 aromatic heterocycles. The van der Waals surface area contributed by atoms with Crippen molar-refractivity contribution in [2.24, 2.45) is 5.92 Å². The van der Waals surface area contributed by atoms with E-state index in [2.05, 4.69) is 59.4 Å². The van der Waals surface area contributed by atoms with Gasteiger partial charge in [0.2, 0.25) is 0 Å². The van der Waals surface area contributed by atoms with E-state index in [1.165, 1.54) is 24.8 Å². The molecule has 20 heavy (non-hydrogen) atoms. The first-order valence-electron chi connectivity index (χ1n) is 7.75. The normalized spacial score (nSPS) is 16.6. The van der Waals surface area contributed by atoms with E-state index in [4.69, 9.17) is 4.74 Å². The SMILES string of the molecule is CC(C)CCCOC(CNC1CC1)c1ccc(Br)cc1. The van der Waals surface area contributed by atoms with Gasteiger partial charge in [-0.3, -0.25) is 0 Å². The van der Waals surface area contributed by atoms with Crippen LogP contribution in [-0.2, 0) is 4.74 Å². The van der Waals surface area contributed by atoms with Gasteiger partial charge in [0, 0.05) is 23.7 Å². The summed E-state index contributed by atoms with van der Waals surface area (Å²) in [6, 6.07) is 9.23. The van der Waals surface area contributed by atoms with E-state index in [0.29, 0.717) is 0 Å². The van der Waals surface area contributed by atoms with Gasteiger partial charge in [0.05, 0.1) is 6.10 Å². The Morgan fingerprint density at radius 1 is 1.25 bits per heavy atom. The van der Waals surface area contributed by atoms with Crippen molar-refractivity contribution in [3.63, 3.8) is 0 Å². The highest BCUT2D eigenvalue weighted by molar-refractivity contribution is 9.10. The number of hydrogen-bond acceptors (Lipinski definition) is 2. The summed E-state index contributed by atoms with van der Waals surface area (Å²) < 4.78 is 7.24. The summed E-state index contributed by atoms with van der Waals surface area (Å²) in [5.74, 6) is 0.759. The quantitative estimate of drug-likeness (QED) is 0.658. The zero-order valence-corrected chi connectivity index (χ0v) is 14.2. The summed E-state index contributed by atoms with van der Waals surface area (Å²) in [7, 11) is 0. The molecule has 2 rings (SSSR count). The summed E-state index contributed by atoms with van der Waals surface area (Å²) in [5.41, 5.74) is 1.27. The lowest BCUT2D eigenvalue weighted by atomic mass is 10.1. The molecule has 1 N–H and O–H groups in total. The third-order valence-electron chi connectivity index (χ3n) is 3.66. The van der Waals surface area contributed by atoms with Gasteiger partial charge in [-0.2, -0.15) is 0 Å². The first kappa shape index (κ1) is 16.0. The Morgan fingerprint density at radius 3 is 2.55 bits per heavy atom. The standard InChI is InChI=1S/C17H26BrNO/c1-13(2)4-3-11-20-17(12-19-16-9-10-16)14-5-7-15(18)8-6-14/h5-8,13,16-17,19H,3-4,9-12H2,1-2H3. The topological polar surface area (TPSA) is 21.3 Å². The average Bonchev–Trinajstić information content (AvgIpc) is 3.23. The summed E-state index contributed by atoms with van der Waals surface area (Å²) in [6.07, 6.45) is 5.20. The molecule has 0 spiro atoms. The fraction of sp³-hybridized carbons (Fsp3) is 0.647. The smallest absolute Gasteiger partial charge is 0.0949 e. The van der Waals surface area contributed by atoms with Crippen LogP contribution in [0, 0.1) is 5.92 Å². The zero-order chi connectivity index (χ0) is 14.4. The first-order chi connectivity index (χ1) is 9.65. The minimum absolute atomic E-state index is 0.177. The van der Waals surface area contributed by atoms with Crippen molar-refractivity contribution in [1.29, 1.82) is 0 Å². The molecule has 3 heteroatoms. The fourth-order valence-electron chi connectivity index (χ4n) is 2.23. The van der Waals surface area contributed by atoms with E-state index in [1.807, 2.05) is 0 Å². The van der Waals surface area contributed by atoms with Gasteiger partial charge in [0.1, 0.15) is 0 Å². The van der Waals surface area contributed by atoms with Gasteiger partial charge in [-0.05, 0) is 49.3 Å². The second-order valence-corrected chi connectivity index (χ2v) is 7.05.